The van der Waals surface area contributed by atoms with Crippen LogP contribution in [0, 0.1) is 0 Å². The van der Waals surface area contributed by atoms with Crippen LogP contribution in [0.1, 0.15) is 41.9 Å². The van der Waals surface area contributed by atoms with Crippen molar-refractivity contribution in [2.45, 2.75) is 38.7 Å². The van der Waals surface area contributed by atoms with E-state index < -0.39 is 0 Å². The van der Waals surface area contributed by atoms with Crippen LogP contribution in [0.2, 0.25) is 0 Å². The topological polar surface area (TPSA) is 16.1 Å². The third-order valence-corrected chi connectivity index (χ3v) is 5.29. The Kier molecular flexibility index (Phi) is 5.82. The number of thiophene rings is 1. The molecule has 104 valence electrons. The SMILES string of the molecule is CCC(c1nc(CCl)cs1)N(CC)Cc1cccs1. The molecule has 2 heterocycles. The van der Waals surface area contributed by atoms with Crippen LogP contribution in [-0.4, -0.2) is 16.4 Å². The highest BCUT2D eigenvalue weighted by Gasteiger charge is 2.21. The molecule has 0 aliphatic carbocycles. The normalized spacial score (nSPS) is 13.1. The van der Waals surface area contributed by atoms with Gasteiger partial charge in [0.15, 0.2) is 0 Å². The molecule has 2 nitrogen and oxygen atoms in total. The number of halogens is 1. The van der Waals surface area contributed by atoms with E-state index in [1.54, 1.807) is 11.3 Å². The molecule has 1 atom stereocenters. The van der Waals surface area contributed by atoms with Crippen molar-refractivity contribution in [3.8, 4) is 0 Å². The Hall–Kier alpha value is -0.420. The Morgan fingerprint density at radius 2 is 2.21 bits per heavy atom. The summed E-state index contributed by atoms with van der Waals surface area (Å²) in [5, 5.41) is 5.40. The maximum absolute atomic E-state index is 5.85. The van der Waals surface area contributed by atoms with Crippen LogP contribution in [0.5, 0.6) is 0 Å². The number of nitrogens with zero attached hydrogens (tertiary/aromatic N) is 2. The van der Waals surface area contributed by atoms with Gasteiger partial charge in [-0.25, -0.2) is 4.98 Å². The lowest BCUT2D eigenvalue weighted by atomic mass is 10.2. The zero-order valence-electron chi connectivity index (χ0n) is 11.3. The first-order valence-electron chi connectivity index (χ1n) is 6.55. The van der Waals surface area contributed by atoms with Gasteiger partial charge < -0.3 is 0 Å². The second-order valence-corrected chi connectivity index (χ2v) is 6.57. The van der Waals surface area contributed by atoms with Crippen LogP contribution in [0.3, 0.4) is 0 Å². The molecule has 0 saturated carbocycles. The molecule has 19 heavy (non-hydrogen) atoms. The van der Waals surface area contributed by atoms with E-state index in [1.165, 1.54) is 9.88 Å². The van der Waals surface area contributed by atoms with Crippen LogP contribution in [0.15, 0.2) is 22.9 Å². The summed E-state index contributed by atoms with van der Waals surface area (Å²) < 4.78 is 0. The van der Waals surface area contributed by atoms with E-state index >= 15 is 0 Å². The Labute approximate surface area is 128 Å². The Morgan fingerprint density at radius 1 is 1.37 bits per heavy atom. The minimum absolute atomic E-state index is 0.397. The summed E-state index contributed by atoms with van der Waals surface area (Å²) >= 11 is 9.40. The molecule has 5 heteroatoms. The number of thiazole rings is 1. The number of alkyl halides is 1. The standard InChI is InChI=1S/C14H19ClN2S2/c1-3-13(14-16-11(8-15)10-19-14)17(4-2)9-12-6-5-7-18-12/h5-7,10,13H,3-4,8-9H2,1-2H3. The van der Waals surface area contributed by atoms with Gasteiger partial charge in [-0.15, -0.1) is 34.3 Å². The molecule has 0 fully saturated rings. The average Bonchev–Trinajstić information content (AvgIpc) is 3.09. The largest absolute Gasteiger partial charge is 0.289 e. The van der Waals surface area contributed by atoms with Crippen molar-refractivity contribution >= 4 is 34.3 Å². The summed E-state index contributed by atoms with van der Waals surface area (Å²) in [6, 6.07) is 4.71. The lowest BCUT2D eigenvalue weighted by Gasteiger charge is -2.28. The van der Waals surface area contributed by atoms with Crippen molar-refractivity contribution in [2.75, 3.05) is 6.54 Å². The third kappa shape index (κ3) is 3.78. The second kappa shape index (κ2) is 7.39. The second-order valence-electron chi connectivity index (χ2n) is 4.38. The van der Waals surface area contributed by atoms with Crippen LogP contribution >= 0.6 is 34.3 Å². The minimum atomic E-state index is 0.397. The number of hydrogen-bond acceptors (Lipinski definition) is 4. The fourth-order valence-electron chi connectivity index (χ4n) is 2.17. The molecule has 0 radical (unpaired) electrons. The maximum Gasteiger partial charge on any atom is 0.110 e. The van der Waals surface area contributed by atoms with Gasteiger partial charge in [0, 0.05) is 16.8 Å². The summed E-state index contributed by atoms with van der Waals surface area (Å²) in [7, 11) is 0. The van der Waals surface area contributed by atoms with Gasteiger partial charge in [-0.3, -0.25) is 4.90 Å². The molecule has 0 bridgehead atoms. The van der Waals surface area contributed by atoms with Gasteiger partial charge in [-0.1, -0.05) is 19.9 Å². The molecule has 0 aliphatic heterocycles. The zero-order chi connectivity index (χ0) is 13.7. The molecule has 0 saturated heterocycles. The number of aromatic nitrogens is 1. The number of rotatable bonds is 7. The van der Waals surface area contributed by atoms with Crippen molar-refractivity contribution in [1.82, 2.24) is 9.88 Å². The van der Waals surface area contributed by atoms with Gasteiger partial charge >= 0.3 is 0 Å². The van der Waals surface area contributed by atoms with Crippen LogP contribution < -0.4 is 0 Å². The predicted molar refractivity (Wildman–Crippen MR) is 85.1 cm³/mol. The highest BCUT2D eigenvalue weighted by Crippen LogP contribution is 2.29. The lowest BCUT2D eigenvalue weighted by molar-refractivity contribution is 0.194. The quantitative estimate of drug-likeness (QED) is 0.675. The van der Waals surface area contributed by atoms with E-state index in [0.717, 1.165) is 25.2 Å². The molecular formula is C14H19ClN2S2. The van der Waals surface area contributed by atoms with Gasteiger partial charge in [0.2, 0.25) is 0 Å². The molecule has 2 aromatic heterocycles. The molecule has 0 N–H and O–H groups in total. The summed E-state index contributed by atoms with van der Waals surface area (Å²) in [5.41, 5.74) is 0.993. The first-order chi connectivity index (χ1) is 9.28. The van der Waals surface area contributed by atoms with Gasteiger partial charge in [0.1, 0.15) is 5.01 Å². The molecule has 0 amide bonds. The molecule has 2 aromatic rings. The molecule has 0 aliphatic rings. The maximum atomic E-state index is 5.85. The smallest absolute Gasteiger partial charge is 0.110 e. The monoisotopic (exact) mass is 314 g/mol. The third-order valence-electron chi connectivity index (χ3n) is 3.16. The summed E-state index contributed by atoms with van der Waals surface area (Å²) in [6.45, 7) is 6.48. The predicted octanol–water partition coefficient (Wildman–Crippen LogP) is 4.92. The Bertz CT molecular complexity index is 481. The highest BCUT2D eigenvalue weighted by molar-refractivity contribution is 7.10. The lowest BCUT2D eigenvalue weighted by Crippen LogP contribution is -2.27. The van der Waals surface area contributed by atoms with Crippen molar-refractivity contribution in [3.63, 3.8) is 0 Å². The van der Waals surface area contributed by atoms with Crippen LogP contribution in [0.4, 0.5) is 0 Å². The van der Waals surface area contributed by atoms with E-state index in [2.05, 4.69) is 46.6 Å². The van der Waals surface area contributed by atoms with Crippen molar-refractivity contribution in [1.29, 1.82) is 0 Å². The Balaban J connectivity index is 2.13. The molecule has 1 unspecified atom stereocenters. The fraction of sp³-hybridized carbons (Fsp3) is 0.500. The molecule has 2 rings (SSSR count). The van der Waals surface area contributed by atoms with Crippen molar-refractivity contribution in [3.05, 3.63) is 38.5 Å². The molecular weight excluding hydrogens is 296 g/mol. The molecule has 0 spiro atoms. The van der Waals surface area contributed by atoms with Gasteiger partial charge in [0.05, 0.1) is 17.6 Å². The summed E-state index contributed by atoms with van der Waals surface area (Å²) in [4.78, 5) is 8.55. The summed E-state index contributed by atoms with van der Waals surface area (Å²) in [6.07, 6.45) is 1.08. The van der Waals surface area contributed by atoms with E-state index in [-0.39, 0.29) is 0 Å². The fourth-order valence-corrected chi connectivity index (χ4v) is 4.16. The zero-order valence-corrected chi connectivity index (χ0v) is 13.7. The summed E-state index contributed by atoms with van der Waals surface area (Å²) in [5.74, 6) is 0.504. The van der Waals surface area contributed by atoms with Crippen molar-refractivity contribution < 1.29 is 0 Å². The van der Waals surface area contributed by atoms with E-state index in [9.17, 15) is 0 Å². The van der Waals surface area contributed by atoms with E-state index in [0.29, 0.717) is 11.9 Å². The number of hydrogen-bond donors (Lipinski definition) is 0. The van der Waals surface area contributed by atoms with Crippen molar-refractivity contribution in [2.24, 2.45) is 0 Å². The average molecular weight is 315 g/mol. The van der Waals surface area contributed by atoms with E-state index in [1.807, 2.05) is 11.3 Å². The molecule has 0 aromatic carbocycles. The highest BCUT2D eigenvalue weighted by atomic mass is 35.5. The van der Waals surface area contributed by atoms with Gasteiger partial charge in [0.25, 0.3) is 0 Å². The van der Waals surface area contributed by atoms with Crippen LogP contribution in [-0.2, 0) is 12.4 Å². The van der Waals surface area contributed by atoms with E-state index in [4.69, 9.17) is 11.6 Å². The Morgan fingerprint density at radius 3 is 2.74 bits per heavy atom. The first kappa shape index (κ1) is 15.0. The first-order valence-corrected chi connectivity index (χ1v) is 8.84. The van der Waals surface area contributed by atoms with Gasteiger partial charge in [-0.2, -0.15) is 0 Å². The minimum Gasteiger partial charge on any atom is -0.289 e. The van der Waals surface area contributed by atoms with Crippen LogP contribution in [0.25, 0.3) is 0 Å². The van der Waals surface area contributed by atoms with Gasteiger partial charge in [-0.05, 0) is 24.4 Å².